The highest BCUT2D eigenvalue weighted by molar-refractivity contribution is 6.35. The fraction of sp³-hybridized carbons (Fsp3) is 0.238. The lowest BCUT2D eigenvalue weighted by molar-refractivity contribution is 0.0240. The minimum absolute atomic E-state index is 0.0855. The van der Waals surface area contributed by atoms with Gasteiger partial charge in [-0.1, -0.05) is 17.7 Å². The second-order valence-electron chi connectivity index (χ2n) is 7.06. The lowest BCUT2D eigenvalue weighted by atomic mass is 10.1. The van der Waals surface area contributed by atoms with E-state index in [4.69, 9.17) is 21.1 Å². The molecule has 2 aliphatic rings. The van der Waals surface area contributed by atoms with E-state index in [0.29, 0.717) is 48.7 Å². The molecule has 0 unspecified atom stereocenters. The minimum atomic E-state index is -0.525. The van der Waals surface area contributed by atoms with Crippen LogP contribution in [0.15, 0.2) is 41.5 Å². The largest absolute Gasteiger partial charge is 0.487 e. The number of ether oxygens (including phenoxy) is 2. The Balaban J connectivity index is 1.63. The number of aromatic amines is 1. The summed E-state index contributed by atoms with van der Waals surface area (Å²) in [6, 6.07) is 7.25. The van der Waals surface area contributed by atoms with E-state index in [9.17, 15) is 8.78 Å². The Morgan fingerprint density at radius 3 is 2.77 bits per heavy atom. The first kappa shape index (κ1) is 19.0. The van der Waals surface area contributed by atoms with E-state index in [0.717, 1.165) is 0 Å². The molecule has 9 heteroatoms. The van der Waals surface area contributed by atoms with E-state index >= 15 is 0 Å². The Morgan fingerprint density at radius 2 is 1.97 bits per heavy atom. The van der Waals surface area contributed by atoms with Crippen LogP contribution in [0, 0.1) is 11.6 Å². The summed E-state index contributed by atoms with van der Waals surface area (Å²) in [4.78, 5) is 4.57. The Kier molecular flexibility index (Phi) is 4.88. The highest BCUT2D eigenvalue weighted by Crippen LogP contribution is 2.41. The predicted molar refractivity (Wildman–Crippen MR) is 110 cm³/mol. The van der Waals surface area contributed by atoms with Crippen LogP contribution in [0.1, 0.15) is 18.4 Å². The summed E-state index contributed by atoms with van der Waals surface area (Å²) >= 11 is 6.25. The molecule has 0 spiro atoms. The van der Waals surface area contributed by atoms with Gasteiger partial charge < -0.3 is 14.8 Å². The van der Waals surface area contributed by atoms with Gasteiger partial charge in [0.15, 0.2) is 11.6 Å². The second kappa shape index (κ2) is 7.70. The number of H-pyrrole nitrogens is 1. The van der Waals surface area contributed by atoms with E-state index in [1.54, 1.807) is 12.3 Å². The third kappa shape index (κ3) is 3.42. The van der Waals surface area contributed by atoms with Crippen LogP contribution in [0.25, 0.3) is 11.3 Å². The maximum Gasteiger partial charge on any atom is 0.165 e. The number of fused-ring (bicyclic) bond motifs is 3. The first-order valence-electron chi connectivity index (χ1n) is 9.52. The number of hydrogen-bond acceptors (Lipinski definition) is 5. The van der Waals surface area contributed by atoms with Gasteiger partial charge in [-0.15, -0.1) is 0 Å². The van der Waals surface area contributed by atoms with Crippen molar-refractivity contribution >= 4 is 28.8 Å². The average molecular weight is 431 g/mol. The number of aliphatic imine (C=N–C) groups is 1. The van der Waals surface area contributed by atoms with E-state index in [1.165, 1.54) is 24.3 Å². The number of nitrogens with one attached hydrogen (secondary N) is 2. The third-order valence-corrected chi connectivity index (χ3v) is 5.41. The molecule has 154 valence electrons. The number of halogens is 3. The number of rotatable bonds is 3. The lowest BCUT2D eigenvalue weighted by Crippen LogP contribution is -2.26. The summed E-state index contributed by atoms with van der Waals surface area (Å²) in [6.07, 6.45) is 2.82. The Labute approximate surface area is 175 Å². The summed E-state index contributed by atoms with van der Waals surface area (Å²) in [5, 5.41) is 10.2. The SMILES string of the molecule is Fc1cc2c(cc1OC1CCOCC1)N=C(c1c(F)cccc1Cl)Nc1c[nH]nc1-2. The topological polar surface area (TPSA) is 71.5 Å². The highest BCUT2D eigenvalue weighted by Gasteiger charge is 2.25. The van der Waals surface area contributed by atoms with Crippen molar-refractivity contribution in [2.45, 2.75) is 18.9 Å². The zero-order valence-corrected chi connectivity index (χ0v) is 16.5. The first-order chi connectivity index (χ1) is 14.6. The molecule has 0 bridgehead atoms. The molecule has 1 aromatic heterocycles. The average Bonchev–Trinajstić information content (AvgIpc) is 3.13. The molecule has 0 amide bonds. The normalized spacial score (nSPS) is 16.2. The van der Waals surface area contributed by atoms with Gasteiger partial charge in [0, 0.05) is 30.7 Å². The number of anilines is 1. The summed E-state index contributed by atoms with van der Waals surface area (Å²) in [6.45, 7) is 1.15. The molecule has 1 fully saturated rings. The van der Waals surface area contributed by atoms with Crippen molar-refractivity contribution in [2.75, 3.05) is 18.5 Å². The van der Waals surface area contributed by atoms with Gasteiger partial charge >= 0.3 is 0 Å². The van der Waals surface area contributed by atoms with Crippen molar-refractivity contribution in [3.05, 3.63) is 58.7 Å². The molecule has 0 radical (unpaired) electrons. The zero-order chi connectivity index (χ0) is 20.7. The Morgan fingerprint density at radius 1 is 1.13 bits per heavy atom. The van der Waals surface area contributed by atoms with Crippen molar-refractivity contribution in [2.24, 2.45) is 4.99 Å². The van der Waals surface area contributed by atoms with Gasteiger partial charge in [0.05, 0.1) is 35.2 Å². The third-order valence-electron chi connectivity index (χ3n) is 5.09. The van der Waals surface area contributed by atoms with Crippen molar-refractivity contribution in [3.8, 4) is 17.0 Å². The first-order valence-corrected chi connectivity index (χ1v) is 9.90. The maximum absolute atomic E-state index is 14.9. The van der Waals surface area contributed by atoms with Crippen LogP contribution in [-0.2, 0) is 4.74 Å². The molecule has 30 heavy (non-hydrogen) atoms. The van der Waals surface area contributed by atoms with Gasteiger partial charge in [0.25, 0.3) is 0 Å². The number of amidine groups is 1. The summed E-state index contributed by atoms with van der Waals surface area (Å²) in [5.41, 5.74) is 1.97. The van der Waals surface area contributed by atoms with E-state index in [2.05, 4.69) is 20.5 Å². The minimum Gasteiger partial charge on any atom is -0.487 e. The molecular weight excluding hydrogens is 414 g/mol. The van der Waals surface area contributed by atoms with Gasteiger partial charge in [0.1, 0.15) is 23.5 Å². The second-order valence-corrected chi connectivity index (χ2v) is 7.47. The molecule has 2 aliphatic heterocycles. The molecule has 2 N–H and O–H groups in total. The predicted octanol–water partition coefficient (Wildman–Crippen LogP) is 5.07. The van der Waals surface area contributed by atoms with Crippen molar-refractivity contribution in [1.82, 2.24) is 10.2 Å². The molecule has 5 rings (SSSR count). The van der Waals surface area contributed by atoms with E-state index in [1.807, 2.05) is 0 Å². The zero-order valence-electron chi connectivity index (χ0n) is 15.7. The number of nitrogens with zero attached hydrogens (tertiary/aromatic N) is 2. The maximum atomic E-state index is 14.9. The standard InChI is InChI=1S/C21H17ClF2N4O2/c22-13-2-1-3-14(23)19(13)21-26-16-9-18(30-11-4-6-29-7-5-11)15(24)8-12(16)20-17(27-21)10-25-28-20/h1-3,8-11H,4-7H2,(H,25,28)(H,26,27). The highest BCUT2D eigenvalue weighted by atomic mass is 35.5. The number of aromatic nitrogens is 2. The van der Waals surface area contributed by atoms with Gasteiger partial charge in [-0.05, 0) is 18.2 Å². The van der Waals surface area contributed by atoms with Crippen LogP contribution in [0.4, 0.5) is 20.2 Å². The van der Waals surface area contributed by atoms with Gasteiger partial charge in [0.2, 0.25) is 0 Å². The van der Waals surface area contributed by atoms with E-state index in [-0.39, 0.29) is 28.3 Å². The fourth-order valence-electron chi connectivity index (χ4n) is 3.60. The Bertz CT molecular complexity index is 1120. The van der Waals surface area contributed by atoms with Crippen LogP contribution in [-0.4, -0.2) is 35.4 Å². The molecule has 3 heterocycles. The van der Waals surface area contributed by atoms with Crippen LogP contribution >= 0.6 is 11.6 Å². The fourth-order valence-corrected chi connectivity index (χ4v) is 3.85. The molecule has 0 saturated carbocycles. The molecular formula is C21H17ClF2N4O2. The van der Waals surface area contributed by atoms with Crippen LogP contribution in [0.5, 0.6) is 5.75 Å². The van der Waals surface area contributed by atoms with Crippen LogP contribution in [0.3, 0.4) is 0 Å². The summed E-state index contributed by atoms with van der Waals surface area (Å²) in [5.74, 6) is -0.759. The Hall–Kier alpha value is -2.97. The summed E-state index contributed by atoms with van der Waals surface area (Å²) < 4.78 is 40.6. The molecule has 6 nitrogen and oxygen atoms in total. The molecule has 1 saturated heterocycles. The molecule has 2 aromatic carbocycles. The summed E-state index contributed by atoms with van der Waals surface area (Å²) in [7, 11) is 0. The van der Waals surface area contributed by atoms with Gasteiger partial charge in [-0.3, -0.25) is 5.10 Å². The van der Waals surface area contributed by atoms with Crippen LogP contribution in [0.2, 0.25) is 5.02 Å². The molecule has 0 aliphatic carbocycles. The van der Waals surface area contributed by atoms with E-state index < -0.39 is 11.6 Å². The van der Waals surface area contributed by atoms with Crippen LogP contribution < -0.4 is 10.1 Å². The monoisotopic (exact) mass is 430 g/mol. The smallest absolute Gasteiger partial charge is 0.165 e. The van der Waals surface area contributed by atoms with Crippen molar-refractivity contribution in [1.29, 1.82) is 0 Å². The number of benzene rings is 2. The lowest BCUT2D eigenvalue weighted by Gasteiger charge is -2.23. The quantitative estimate of drug-likeness (QED) is 0.608. The van der Waals surface area contributed by atoms with Crippen molar-refractivity contribution in [3.63, 3.8) is 0 Å². The van der Waals surface area contributed by atoms with Crippen molar-refractivity contribution < 1.29 is 18.3 Å². The number of hydrogen-bond donors (Lipinski definition) is 2. The molecule has 0 atom stereocenters. The van der Waals surface area contributed by atoms with Gasteiger partial charge in [-0.25, -0.2) is 13.8 Å². The molecule has 3 aromatic rings. The van der Waals surface area contributed by atoms with Gasteiger partial charge in [-0.2, -0.15) is 5.10 Å².